The maximum absolute atomic E-state index is 11.8. The molecule has 3 N–H and O–H groups in total. The highest BCUT2D eigenvalue weighted by atomic mass is 16.5. The number of benzene rings is 1. The summed E-state index contributed by atoms with van der Waals surface area (Å²) in [5.74, 6) is -0.274. The van der Waals surface area contributed by atoms with Crippen LogP contribution in [0.4, 0.5) is 0 Å². The number of para-hydroxylation sites is 1. The fraction of sp³-hybridized carbons (Fsp3) is 0.714. The third-order valence-corrected chi connectivity index (χ3v) is 7.05. The Kier molecular flexibility index (Phi) is 12.7. The van der Waals surface area contributed by atoms with Gasteiger partial charge in [0.25, 0.3) is 0 Å². The second-order valence-corrected chi connectivity index (χ2v) is 9.35. The Morgan fingerprint density at radius 1 is 1.17 bits per heavy atom. The number of nitrogens with one attached hydrogen (secondary N) is 2. The molecule has 1 aromatic rings. The van der Waals surface area contributed by atoms with E-state index < -0.39 is 11.9 Å². The first-order chi connectivity index (χ1) is 17.5. The SMILES string of the molecule is CC.CC.CC(COc1ccccc1C1CCC(OCC2NCCC23COCC(=O)N3)CC1)C(=O)O. The molecule has 1 spiro atoms. The van der Waals surface area contributed by atoms with E-state index in [1.165, 1.54) is 0 Å². The highest BCUT2D eigenvalue weighted by Gasteiger charge is 2.46. The third-order valence-electron chi connectivity index (χ3n) is 7.05. The minimum atomic E-state index is -0.849. The Labute approximate surface area is 216 Å². The van der Waals surface area contributed by atoms with E-state index in [9.17, 15) is 9.59 Å². The Balaban J connectivity index is 0.00000109. The van der Waals surface area contributed by atoms with Crippen LogP contribution in [0.15, 0.2) is 24.3 Å². The van der Waals surface area contributed by atoms with Gasteiger partial charge in [0.15, 0.2) is 0 Å². The van der Waals surface area contributed by atoms with Gasteiger partial charge in [0.2, 0.25) is 5.91 Å². The van der Waals surface area contributed by atoms with Crippen molar-refractivity contribution in [3.05, 3.63) is 29.8 Å². The zero-order valence-corrected chi connectivity index (χ0v) is 22.7. The van der Waals surface area contributed by atoms with Gasteiger partial charge in [0, 0.05) is 0 Å². The van der Waals surface area contributed by atoms with Gasteiger partial charge in [0.05, 0.1) is 36.8 Å². The van der Waals surface area contributed by atoms with E-state index in [-0.39, 0.29) is 36.8 Å². The van der Waals surface area contributed by atoms with Gasteiger partial charge < -0.3 is 30.0 Å². The Morgan fingerprint density at radius 3 is 2.53 bits per heavy atom. The van der Waals surface area contributed by atoms with E-state index in [0.29, 0.717) is 19.1 Å². The van der Waals surface area contributed by atoms with Gasteiger partial charge in [-0.2, -0.15) is 0 Å². The normalized spacial score (nSPS) is 28.1. The number of hydrogen-bond acceptors (Lipinski definition) is 6. The second-order valence-electron chi connectivity index (χ2n) is 9.35. The summed E-state index contributed by atoms with van der Waals surface area (Å²) in [6, 6.07) is 8.02. The van der Waals surface area contributed by atoms with Crippen LogP contribution in [0.1, 0.15) is 78.2 Å². The van der Waals surface area contributed by atoms with Gasteiger partial charge in [-0.25, -0.2) is 0 Å². The Hall–Kier alpha value is -2.16. The number of ether oxygens (including phenoxy) is 3. The summed E-state index contributed by atoms with van der Waals surface area (Å²) in [6.45, 7) is 11.9. The fourth-order valence-corrected chi connectivity index (χ4v) is 5.06. The molecule has 3 aliphatic rings. The summed E-state index contributed by atoms with van der Waals surface area (Å²) in [6.07, 6.45) is 4.99. The lowest BCUT2D eigenvalue weighted by Gasteiger charge is -2.39. The van der Waals surface area contributed by atoms with Crippen molar-refractivity contribution in [2.45, 2.75) is 90.3 Å². The van der Waals surface area contributed by atoms with Crippen LogP contribution in [0.5, 0.6) is 5.75 Å². The smallest absolute Gasteiger partial charge is 0.309 e. The van der Waals surface area contributed by atoms with E-state index in [1.54, 1.807) is 6.92 Å². The Morgan fingerprint density at radius 2 is 1.86 bits per heavy atom. The minimum Gasteiger partial charge on any atom is -0.492 e. The molecule has 3 fully saturated rings. The van der Waals surface area contributed by atoms with Crippen LogP contribution < -0.4 is 15.4 Å². The van der Waals surface area contributed by atoms with E-state index >= 15 is 0 Å². The third kappa shape index (κ3) is 7.92. The fourth-order valence-electron chi connectivity index (χ4n) is 5.06. The summed E-state index contributed by atoms with van der Waals surface area (Å²) < 4.78 is 17.7. The molecular weight excluding hydrogens is 460 g/mol. The van der Waals surface area contributed by atoms with Crippen LogP contribution >= 0.6 is 0 Å². The number of carboxylic acids is 1. The van der Waals surface area contributed by atoms with Crippen LogP contribution in [-0.2, 0) is 19.1 Å². The van der Waals surface area contributed by atoms with Crippen molar-refractivity contribution in [2.24, 2.45) is 5.92 Å². The van der Waals surface area contributed by atoms with Gasteiger partial charge in [0.1, 0.15) is 19.0 Å². The summed E-state index contributed by atoms with van der Waals surface area (Å²) in [4.78, 5) is 22.9. The average molecular weight is 507 g/mol. The quantitative estimate of drug-likeness (QED) is 0.487. The number of rotatable bonds is 8. The molecule has 1 aromatic carbocycles. The minimum absolute atomic E-state index is 0.0518. The van der Waals surface area contributed by atoms with Gasteiger partial charge in [-0.3, -0.25) is 9.59 Å². The summed E-state index contributed by atoms with van der Waals surface area (Å²) in [5.41, 5.74) is 0.803. The number of aliphatic carboxylic acids is 1. The lowest BCUT2D eigenvalue weighted by atomic mass is 9.82. The number of hydrogen-bond donors (Lipinski definition) is 3. The predicted octanol–water partition coefficient (Wildman–Crippen LogP) is 4.13. The molecule has 0 bridgehead atoms. The van der Waals surface area contributed by atoms with Crippen LogP contribution in [0, 0.1) is 5.92 Å². The molecule has 1 saturated carbocycles. The number of carbonyl (C=O) groups excluding carboxylic acids is 1. The standard InChI is InChI=1S/C24H34N2O6.2C2H6/c1-16(23(28)29)12-32-20-5-3-2-4-19(20)17-6-8-18(9-7-17)31-13-21-24(10-11-25-21)15-30-14-22(27)26-24;2*1-2/h2-5,16-18,21,25H,6-15H2,1H3,(H,26,27)(H,28,29);2*1-2H3. The lowest BCUT2D eigenvalue weighted by molar-refractivity contribution is -0.142. The zero-order valence-electron chi connectivity index (χ0n) is 22.7. The van der Waals surface area contributed by atoms with E-state index in [0.717, 1.165) is 50.0 Å². The van der Waals surface area contributed by atoms with Crippen molar-refractivity contribution < 1.29 is 28.9 Å². The maximum atomic E-state index is 11.8. The number of morpholine rings is 1. The first kappa shape index (κ1) is 30.1. The molecule has 0 aromatic heterocycles. The molecule has 2 aliphatic heterocycles. The monoisotopic (exact) mass is 506 g/mol. The van der Waals surface area contributed by atoms with Crippen LogP contribution in [0.25, 0.3) is 0 Å². The molecule has 204 valence electrons. The highest BCUT2D eigenvalue weighted by molar-refractivity contribution is 5.79. The molecule has 36 heavy (non-hydrogen) atoms. The van der Waals surface area contributed by atoms with Crippen molar-refractivity contribution in [3.63, 3.8) is 0 Å². The van der Waals surface area contributed by atoms with Crippen LogP contribution in [0.3, 0.4) is 0 Å². The van der Waals surface area contributed by atoms with Gasteiger partial charge in [-0.05, 0) is 63.1 Å². The van der Waals surface area contributed by atoms with Gasteiger partial charge >= 0.3 is 5.97 Å². The molecule has 2 heterocycles. The largest absolute Gasteiger partial charge is 0.492 e. The average Bonchev–Trinajstić information content (AvgIpc) is 3.29. The molecule has 1 amide bonds. The van der Waals surface area contributed by atoms with Gasteiger partial charge in [-0.15, -0.1) is 0 Å². The first-order valence-corrected chi connectivity index (χ1v) is 13.6. The van der Waals surface area contributed by atoms with E-state index in [4.69, 9.17) is 19.3 Å². The molecule has 0 radical (unpaired) electrons. The molecule has 2 saturated heterocycles. The molecule has 1 aliphatic carbocycles. The topological polar surface area (TPSA) is 106 Å². The molecule has 4 rings (SSSR count). The summed E-state index contributed by atoms with van der Waals surface area (Å²) in [7, 11) is 0. The second kappa shape index (κ2) is 15.2. The zero-order chi connectivity index (χ0) is 26.6. The maximum Gasteiger partial charge on any atom is 0.309 e. The van der Waals surface area contributed by atoms with Crippen LogP contribution in [0.2, 0.25) is 0 Å². The molecule has 3 atom stereocenters. The predicted molar refractivity (Wildman–Crippen MR) is 140 cm³/mol. The molecule has 8 nitrogen and oxygen atoms in total. The highest BCUT2D eigenvalue weighted by Crippen LogP contribution is 2.38. The summed E-state index contributed by atoms with van der Waals surface area (Å²) >= 11 is 0. The van der Waals surface area contributed by atoms with E-state index in [2.05, 4.69) is 16.7 Å². The summed E-state index contributed by atoms with van der Waals surface area (Å²) in [5, 5.41) is 15.7. The number of carbonyl (C=O) groups is 2. The van der Waals surface area contributed by atoms with Crippen LogP contribution in [-0.4, -0.2) is 67.6 Å². The molecule has 3 unspecified atom stereocenters. The van der Waals surface area contributed by atoms with Crippen molar-refractivity contribution in [2.75, 3.05) is 33.0 Å². The van der Waals surface area contributed by atoms with Crippen molar-refractivity contribution >= 4 is 11.9 Å². The van der Waals surface area contributed by atoms with Crippen molar-refractivity contribution in [1.82, 2.24) is 10.6 Å². The van der Waals surface area contributed by atoms with E-state index in [1.807, 2.05) is 45.9 Å². The van der Waals surface area contributed by atoms with Gasteiger partial charge in [-0.1, -0.05) is 45.9 Å². The first-order valence-electron chi connectivity index (χ1n) is 13.6. The number of carboxylic acid groups (broad SMARTS) is 1. The molecular formula is C28H46N2O6. The number of amides is 1. The molecule has 8 heteroatoms. The van der Waals surface area contributed by atoms with Crippen molar-refractivity contribution in [3.8, 4) is 5.75 Å². The lowest BCUT2D eigenvalue weighted by Crippen LogP contribution is -2.64. The van der Waals surface area contributed by atoms with Crippen molar-refractivity contribution in [1.29, 1.82) is 0 Å². The Bertz CT molecular complexity index is 811.